The SMILES string of the molecule is NC(=O)C(SCc1ccc(Cl)nc1)C1CCCC1. The summed E-state index contributed by atoms with van der Waals surface area (Å²) in [6, 6.07) is 3.71. The van der Waals surface area contributed by atoms with Gasteiger partial charge in [-0.05, 0) is 30.4 Å². The highest BCUT2D eigenvalue weighted by molar-refractivity contribution is 7.99. The second kappa shape index (κ2) is 6.43. The fourth-order valence-corrected chi connectivity index (χ4v) is 3.75. The summed E-state index contributed by atoms with van der Waals surface area (Å²) in [6.45, 7) is 0. The summed E-state index contributed by atoms with van der Waals surface area (Å²) in [4.78, 5) is 15.6. The van der Waals surface area contributed by atoms with Crippen molar-refractivity contribution < 1.29 is 4.79 Å². The Morgan fingerprint density at radius 2 is 2.22 bits per heavy atom. The number of hydrogen-bond donors (Lipinski definition) is 1. The molecule has 1 aromatic heterocycles. The lowest BCUT2D eigenvalue weighted by molar-refractivity contribution is -0.118. The minimum absolute atomic E-state index is 0.0665. The van der Waals surface area contributed by atoms with Crippen molar-refractivity contribution in [3.63, 3.8) is 0 Å². The van der Waals surface area contributed by atoms with E-state index in [1.807, 2.05) is 6.07 Å². The van der Waals surface area contributed by atoms with Gasteiger partial charge in [0.25, 0.3) is 0 Å². The van der Waals surface area contributed by atoms with E-state index in [0.29, 0.717) is 11.1 Å². The summed E-state index contributed by atoms with van der Waals surface area (Å²) in [7, 11) is 0. The van der Waals surface area contributed by atoms with Crippen LogP contribution in [0, 0.1) is 5.92 Å². The summed E-state index contributed by atoms with van der Waals surface area (Å²) in [5.41, 5.74) is 6.59. The zero-order chi connectivity index (χ0) is 13.0. The topological polar surface area (TPSA) is 56.0 Å². The van der Waals surface area contributed by atoms with E-state index in [1.54, 1.807) is 24.0 Å². The van der Waals surface area contributed by atoms with Gasteiger partial charge in [0.2, 0.25) is 5.91 Å². The molecule has 1 aliphatic carbocycles. The minimum atomic E-state index is -0.186. The lowest BCUT2D eigenvalue weighted by atomic mass is 10.0. The van der Waals surface area contributed by atoms with Crippen LogP contribution in [0.5, 0.6) is 0 Å². The maximum Gasteiger partial charge on any atom is 0.230 e. The highest BCUT2D eigenvalue weighted by Crippen LogP contribution is 2.35. The average molecular weight is 285 g/mol. The van der Waals surface area contributed by atoms with Gasteiger partial charge in [-0.3, -0.25) is 4.79 Å². The van der Waals surface area contributed by atoms with Gasteiger partial charge in [0.05, 0.1) is 5.25 Å². The molecule has 3 nitrogen and oxygen atoms in total. The summed E-state index contributed by atoms with van der Waals surface area (Å²) in [6.07, 6.45) is 6.44. The van der Waals surface area contributed by atoms with Gasteiger partial charge in [0.15, 0.2) is 0 Å². The third kappa shape index (κ3) is 3.62. The molecule has 1 atom stereocenters. The molecule has 0 spiro atoms. The molecule has 1 unspecified atom stereocenters. The van der Waals surface area contributed by atoms with Gasteiger partial charge in [-0.1, -0.05) is 30.5 Å². The van der Waals surface area contributed by atoms with Crippen LogP contribution in [0.4, 0.5) is 0 Å². The van der Waals surface area contributed by atoms with Gasteiger partial charge in [-0.15, -0.1) is 11.8 Å². The monoisotopic (exact) mass is 284 g/mol. The summed E-state index contributed by atoms with van der Waals surface area (Å²) in [5.74, 6) is 1.02. The lowest BCUT2D eigenvalue weighted by Crippen LogP contribution is -2.31. The number of rotatable bonds is 5. The van der Waals surface area contributed by atoms with Crippen molar-refractivity contribution in [2.45, 2.75) is 36.7 Å². The van der Waals surface area contributed by atoms with E-state index < -0.39 is 0 Å². The zero-order valence-electron chi connectivity index (χ0n) is 10.1. The van der Waals surface area contributed by atoms with E-state index in [-0.39, 0.29) is 11.2 Å². The van der Waals surface area contributed by atoms with Crippen molar-refractivity contribution in [2.75, 3.05) is 0 Å². The molecular weight excluding hydrogens is 268 g/mol. The third-order valence-electron chi connectivity index (χ3n) is 3.33. The number of nitrogens with two attached hydrogens (primary N) is 1. The fourth-order valence-electron chi connectivity index (χ4n) is 2.39. The molecule has 1 fully saturated rings. The zero-order valence-corrected chi connectivity index (χ0v) is 11.7. The van der Waals surface area contributed by atoms with Crippen molar-refractivity contribution >= 4 is 29.3 Å². The molecule has 0 aliphatic heterocycles. The Bertz CT molecular complexity index is 404. The van der Waals surface area contributed by atoms with Gasteiger partial charge in [-0.25, -0.2) is 4.98 Å². The molecule has 5 heteroatoms. The van der Waals surface area contributed by atoms with Crippen molar-refractivity contribution in [1.29, 1.82) is 0 Å². The first-order chi connectivity index (χ1) is 8.66. The summed E-state index contributed by atoms with van der Waals surface area (Å²) >= 11 is 7.36. The molecule has 1 heterocycles. The molecule has 1 aliphatic rings. The van der Waals surface area contributed by atoms with Gasteiger partial charge >= 0.3 is 0 Å². The molecule has 0 saturated heterocycles. The summed E-state index contributed by atoms with van der Waals surface area (Å²) in [5, 5.41) is 0.425. The van der Waals surface area contributed by atoms with Crippen LogP contribution in [0.3, 0.4) is 0 Å². The Balaban J connectivity index is 1.93. The number of thioether (sulfide) groups is 1. The smallest absolute Gasteiger partial charge is 0.230 e. The molecule has 0 aromatic carbocycles. The first-order valence-corrected chi connectivity index (χ1v) is 7.61. The number of primary amides is 1. The molecule has 98 valence electrons. The Hall–Kier alpha value is -0.740. The summed E-state index contributed by atoms with van der Waals surface area (Å²) < 4.78 is 0. The van der Waals surface area contributed by atoms with Crippen molar-refractivity contribution in [2.24, 2.45) is 11.7 Å². The average Bonchev–Trinajstić information content (AvgIpc) is 2.85. The Morgan fingerprint density at radius 1 is 1.50 bits per heavy atom. The van der Waals surface area contributed by atoms with E-state index in [9.17, 15) is 4.79 Å². The van der Waals surface area contributed by atoms with Gasteiger partial charge in [0, 0.05) is 11.9 Å². The molecule has 1 aromatic rings. The predicted octanol–water partition coefficient (Wildman–Crippen LogP) is 3.01. The predicted molar refractivity (Wildman–Crippen MR) is 75.5 cm³/mol. The highest BCUT2D eigenvalue weighted by Gasteiger charge is 2.29. The second-order valence-corrected chi connectivity index (χ2v) is 6.18. The quantitative estimate of drug-likeness (QED) is 0.846. The van der Waals surface area contributed by atoms with Gasteiger partial charge in [-0.2, -0.15) is 0 Å². The number of amides is 1. The van der Waals surface area contributed by atoms with Crippen LogP contribution >= 0.6 is 23.4 Å². The Labute approximate surface area is 116 Å². The maximum absolute atomic E-state index is 11.5. The van der Waals surface area contributed by atoms with Crippen molar-refractivity contribution in [3.05, 3.63) is 29.0 Å². The molecule has 1 amide bonds. The maximum atomic E-state index is 11.5. The van der Waals surface area contributed by atoms with Crippen LogP contribution in [0.2, 0.25) is 5.15 Å². The number of pyridine rings is 1. The number of carbonyl (C=O) groups excluding carboxylic acids is 1. The van der Waals surface area contributed by atoms with E-state index in [4.69, 9.17) is 17.3 Å². The number of carbonyl (C=O) groups is 1. The standard InChI is InChI=1S/C13H17ClN2OS/c14-11-6-5-9(7-16-11)8-18-12(13(15)17)10-3-1-2-4-10/h5-7,10,12H,1-4,8H2,(H2,15,17). The van der Waals surface area contributed by atoms with Gasteiger partial charge in [0.1, 0.15) is 5.15 Å². The first-order valence-electron chi connectivity index (χ1n) is 6.18. The Kier molecular flexibility index (Phi) is 4.89. The van der Waals surface area contributed by atoms with Crippen molar-refractivity contribution in [1.82, 2.24) is 4.98 Å². The number of aromatic nitrogens is 1. The fraction of sp³-hybridized carbons (Fsp3) is 0.538. The van der Waals surface area contributed by atoms with Gasteiger partial charge < -0.3 is 5.73 Å². The molecule has 1 saturated carbocycles. The molecule has 0 bridgehead atoms. The molecule has 18 heavy (non-hydrogen) atoms. The normalized spacial score (nSPS) is 17.8. The van der Waals surface area contributed by atoms with Crippen LogP contribution in [0.1, 0.15) is 31.2 Å². The highest BCUT2D eigenvalue weighted by atomic mass is 35.5. The molecule has 2 N–H and O–H groups in total. The van der Waals surface area contributed by atoms with E-state index >= 15 is 0 Å². The lowest BCUT2D eigenvalue weighted by Gasteiger charge is -2.19. The van der Waals surface area contributed by atoms with Crippen LogP contribution in [-0.4, -0.2) is 16.1 Å². The molecule has 0 radical (unpaired) electrons. The van der Waals surface area contributed by atoms with Crippen LogP contribution in [-0.2, 0) is 10.5 Å². The van der Waals surface area contributed by atoms with E-state index in [2.05, 4.69) is 4.98 Å². The molecule has 2 rings (SSSR count). The number of hydrogen-bond acceptors (Lipinski definition) is 3. The first kappa shape index (κ1) is 13.7. The number of halogens is 1. The largest absolute Gasteiger partial charge is 0.369 e. The third-order valence-corrected chi connectivity index (χ3v) is 5.03. The second-order valence-electron chi connectivity index (χ2n) is 4.67. The van der Waals surface area contributed by atoms with Crippen LogP contribution < -0.4 is 5.73 Å². The van der Waals surface area contributed by atoms with Crippen LogP contribution in [0.15, 0.2) is 18.3 Å². The van der Waals surface area contributed by atoms with Crippen LogP contribution in [0.25, 0.3) is 0 Å². The van der Waals surface area contributed by atoms with Crippen molar-refractivity contribution in [3.8, 4) is 0 Å². The molecular formula is C13H17ClN2OS. The minimum Gasteiger partial charge on any atom is -0.369 e. The van der Waals surface area contributed by atoms with E-state index in [1.165, 1.54) is 12.8 Å². The van der Waals surface area contributed by atoms with E-state index in [0.717, 1.165) is 24.2 Å². The Morgan fingerprint density at radius 3 is 2.78 bits per heavy atom. The number of nitrogens with zero attached hydrogens (tertiary/aromatic N) is 1.